The van der Waals surface area contributed by atoms with E-state index in [1.165, 1.54) is 22.1 Å². The molecule has 1 aliphatic carbocycles. The lowest BCUT2D eigenvalue weighted by molar-refractivity contribution is 0.953. The third-order valence-corrected chi connectivity index (χ3v) is 13.0. The average Bonchev–Trinajstić information content (AvgIpc) is 3.90. The minimum absolute atomic E-state index is 0.548. The van der Waals surface area contributed by atoms with Gasteiger partial charge in [-0.2, -0.15) is 9.97 Å². The van der Waals surface area contributed by atoms with Crippen molar-refractivity contribution in [2.24, 2.45) is 0 Å². The molecule has 0 fully saturated rings. The molecule has 9 aromatic carbocycles. The van der Waals surface area contributed by atoms with Crippen molar-refractivity contribution in [1.82, 2.24) is 24.1 Å². The van der Waals surface area contributed by atoms with Crippen molar-refractivity contribution >= 4 is 49.2 Å². The fraction of sp³-hybridized carbons (Fsp3) is 0. The third-order valence-electron chi connectivity index (χ3n) is 13.0. The Morgan fingerprint density at radius 3 is 1.45 bits per heavy atom. The standard InChI is InChI=1S/C61H39N5/c1-3-16-41(17-4-1)45-22-14-23-46(38-45)47-24-15-25-48(39-47)60-62-59(44-34-32-42(33-35-44)40-20-13-21-40)63-61(64-60)66-56-31-12-9-28-51(56)53-37-36-52-50-27-8-11-30-55(50)65(57(52)58(53)66)54-29-10-7-26-49(54)43-18-5-2-6-19-43/h1-39H. The summed E-state index contributed by atoms with van der Waals surface area (Å²) in [6.45, 7) is 0. The highest BCUT2D eigenvalue weighted by Crippen LogP contribution is 2.43. The summed E-state index contributed by atoms with van der Waals surface area (Å²) in [5, 5.41) is 4.57. The molecule has 0 amide bonds. The van der Waals surface area contributed by atoms with Crippen LogP contribution in [-0.4, -0.2) is 24.1 Å². The highest BCUT2D eigenvalue weighted by molar-refractivity contribution is 6.24. The number of hydrogen-bond donors (Lipinski definition) is 0. The van der Waals surface area contributed by atoms with Gasteiger partial charge >= 0.3 is 0 Å². The van der Waals surface area contributed by atoms with E-state index in [0.29, 0.717) is 17.6 Å². The van der Waals surface area contributed by atoms with E-state index in [9.17, 15) is 0 Å². The second-order valence-electron chi connectivity index (χ2n) is 16.8. The van der Waals surface area contributed by atoms with Gasteiger partial charge in [0.15, 0.2) is 11.6 Å². The first-order chi connectivity index (χ1) is 32.7. The fourth-order valence-corrected chi connectivity index (χ4v) is 9.76. The highest BCUT2D eigenvalue weighted by atomic mass is 15.2. The van der Waals surface area contributed by atoms with Crippen LogP contribution in [-0.2, 0) is 0 Å². The quantitative estimate of drug-likeness (QED) is 0.153. The molecule has 0 saturated carbocycles. The molecule has 13 rings (SSSR count). The lowest BCUT2D eigenvalue weighted by Gasteiger charge is -2.16. The molecule has 0 spiro atoms. The number of aromatic nitrogens is 5. The van der Waals surface area contributed by atoms with E-state index in [2.05, 4.69) is 246 Å². The van der Waals surface area contributed by atoms with Crippen LogP contribution in [0, 0.1) is 0 Å². The van der Waals surface area contributed by atoms with Gasteiger partial charge in [-0.05, 0) is 69.3 Å². The number of hydrogen-bond acceptors (Lipinski definition) is 3. The molecule has 3 aromatic heterocycles. The lowest BCUT2D eigenvalue weighted by atomic mass is 9.98. The van der Waals surface area contributed by atoms with E-state index in [0.717, 1.165) is 82.9 Å². The maximum absolute atomic E-state index is 5.48. The van der Waals surface area contributed by atoms with Crippen LogP contribution in [0.1, 0.15) is 5.56 Å². The minimum atomic E-state index is 0.548. The SMILES string of the molecule is C1=CC(c2ccc(-c3nc(-c4cccc(-c5cccc(-c6ccccc6)c5)c4)nc(-n4c5ccccc5c5ccc6c7ccccc7n(-c7ccccc7-c7ccccc7)c6c54)n3)cc2)=C1. The molecule has 0 bridgehead atoms. The van der Waals surface area contributed by atoms with Crippen molar-refractivity contribution in [2.75, 3.05) is 0 Å². The van der Waals surface area contributed by atoms with Crippen LogP contribution in [0.15, 0.2) is 237 Å². The fourth-order valence-electron chi connectivity index (χ4n) is 9.76. The molecule has 5 nitrogen and oxygen atoms in total. The molecule has 12 aromatic rings. The van der Waals surface area contributed by atoms with Crippen LogP contribution in [0.2, 0.25) is 0 Å². The van der Waals surface area contributed by atoms with Crippen molar-refractivity contribution < 1.29 is 0 Å². The normalized spacial score (nSPS) is 12.3. The molecule has 0 radical (unpaired) electrons. The summed E-state index contributed by atoms with van der Waals surface area (Å²) in [6, 6.07) is 77.7. The Morgan fingerprint density at radius 1 is 0.318 bits per heavy atom. The predicted octanol–water partition coefficient (Wildman–Crippen LogP) is 15.4. The zero-order chi connectivity index (χ0) is 43.6. The maximum Gasteiger partial charge on any atom is 0.238 e. The van der Waals surface area contributed by atoms with E-state index < -0.39 is 0 Å². The Labute approximate surface area is 381 Å². The molecule has 0 N–H and O–H groups in total. The summed E-state index contributed by atoms with van der Waals surface area (Å²) in [4.78, 5) is 16.2. The molecule has 0 saturated heterocycles. The predicted molar refractivity (Wildman–Crippen MR) is 273 cm³/mol. The summed E-state index contributed by atoms with van der Waals surface area (Å²) in [5.41, 5.74) is 16.4. The van der Waals surface area contributed by atoms with Crippen molar-refractivity contribution in [3.05, 3.63) is 242 Å². The van der Waals surface area contributed by atoms with Crippen LogP contribution in [0.4, 0.5) is 0 Å². The first kappa shape index (κ1) is 37.6. The first-order valence-electron chi connectivity index (χ1n) is 22.4. The third kappa shape index (κ3) is 6.21. The van der Waals surface area contributed by atoms with E-state index in [1.54, 1.807) is 0 Å². The topological polar surface area (TPSA) is 48.5 Å². The van der Waals surface area contributed by atoms with Crippen molar-refractivity contribution in [3.63, 3.8) is 0 Å². The van der Waals surface area contributed by atoms with Crippen LogP contribution in [0.25, 0.3) is 117 Å². The summed E-state index contributed by atoms with van der Waals surface area (Å²) in [6.07, 6.45) is 6.34. The Balaban J connectivity index is 1.08. The molecule has 5 heteroatoms. The van der Waals surface area contributed by atoms with Crippen LogP contribution < -0.4 is 0 Å². The van der Waals surface area contributed by atoms with Gasteiger partial charge in [0.2, 0.25) is 5.95 Å². The second kappa shape index (κ2) is 15.4. The Bertz CT molecular complexity index is 3910. The molecular formula is C61H39N5. The van der Waals surface area contributed by atoms with E-state index >= 15 is 0 Å². The largest absolute Gasteiger partial charge is 0.307 e. The van der Waals surface area contributed by atoms with Crippen LogP contribution >= 0.6 is 0 Å². The number of rotatable bonds is 8. The van der Waals surface area contributed by atoms with Gasteiger partial charge in [-0.25, -0.2) is 4.98 Å². The van der Waals surface area contributed by atoms with Gasteiger partial charge in [-0.3, -0.25) is 4.57 Å². The summed E-state index contributed by atoms with van der Waals surface area (Å²) in [5.74, 6) is 1.74. The Kier molecular flexibility index (Phi) is 8.78. The number of para-hydroxylation sites is 3. The molecule has 0 atom stereocenters. The zero-order valence-corrected chi connectivity index (χ0v) is 35.8. The van der Waals surface area contributed by atoms with Gasteiger partial charge in [0.25, 0.3) is 0 Å². The summed E-state index contributed by atoms with van der Waals surface area (Å²) < 4.78 is 4.72. The number of nitrogens with zero attached hydrogens (tertiary/aromatic N) is 5. The Hall–Kier alpha value is -8.93. The minimum Gasteiger partial charge on any atom is -0.307 e. The van der Waals surface area contributed by atoms with Gasteiger partial charge in [0.1, 0.15) is 0 Å². The Morgan fingerprint density at radius 2 is 0.803 bits per heavy atom. The van der Waals surface area contributed by atoms with Gasteiger partial charge in [0, 0.05) is 38.2 Å². The van der Waals surface area contributed by atoms with Crippen molar-refractivity contribution in [1.29, 1.82) is 0 Å². The van der Waals surface area contributed by atoms with E-state index in [1.807, 2.05) is 0 Å². The van der Waals surface area contributed by atoms with Crippen molar-refractivity contribution in [3.8, 4) is 67.8 Å². The molecule has 0 unspecified atom stereocenters. The lowest BCUT2D eigenvalue weighted by Crippen LogP contribution is -2.07. The zero-order valence-electron chi connectivity index (χ0n) is 35.8. The molecule has 308 valence electrons. The molecule has 1 aliphatic rings. The number of benzene rings is 9. The average molecular weight is 842 g/mol. The van der Waals surface area contributed by atoms with Crippen LogP contribution in [0.3, 0.4) is 0 Å². The number of allylic oxidation sites excluding steroid dienone is 4. The first-order valence-corrected chi connectivity index (χ1v) is 22.4. The van der Waals surface area contributed by atoms with Gasteiger partial charge in [-0.1, -0.05) is 206 Å². The second-order valence-corrected chi connectivity index (χ2v) is 16.8. The molecule has 66 heavy (non-hydrogen) atoms. The monoisotopic (exact) mass is 841 g/mol. The van der Waals surface area contributed by atoms with E-state index in [4.69, 9.17) is 15.0 Å². The molecule has 3 heterocycles. The van der Waals surface area contributed by atoms with Gasteiger partial charge in [0.05, 0.1) is 27.8 Å². The van der Waals surface area contributed by atoms with Gasteiger partial charge < -0.3 is 4.57 Å². The molecular weight excluding hydrogens is 803 g/mol. The van der Waals surface area contributed by atoms with Crippen molar-refractivity contribution in [2.45, 2.75) is 0 Å². The van der Waals surface area contributed by atoms with E-state index in [-0.39, 0.29) is 0 Å². The summed E-state index contributed by atoms with van der Waals surface area (Å²) in [7, 11) is 0. The highest BCUT2D eigenvalue weighted by Gasteiger charge is 2.24. The number of fused-ring (bicyclic) bond motifs is 7. The van der Waals surface area contributed by atoms with Crippen LogP contribution in [0.5, 0.6) is 0 Å². The smallest absolute Gasteiger partial charge is 0.238 e. The summed E-state index contributed by atoms with van der Waals surface area (Å²) >= 11 is 0. The molecule has 0 aliphatic heterocycles. The maximum atomic E-state index is 5.48. The van der Waals surface area contributed by atoms with Gasteiger partial charge in [-0.15, -0.1) is 0 Å².